The monoisotopic (exact) mass is 295 g/mol. The minimum absolute atomic E-state index is 0.0873. The van der Waals surface area contributed by atoms with Gasteiger partial charge in [-0.2, -0.15) is 0 Å². The van der Waals surface area contributed by atoms with Crippen molar-refractivity contribution in [2.24, 2.45) is 0 Å². The largest absolute Gasteiger partial charge is 0.465 e. The van der Waals surface area contributed by atoms with Crippen LogP contribution in [0.3, 0.4) is 0 Å². The normalized spacial score (nSPS) is 10.9. The van der Waals surface area contributed by atoms with Gasteiger partial charge in [-0.05, 0) is 11.5 Å². The number of nitro benzene ring substituents is 1. The zero-order valence-corrected chi connectivity index (χ0v) is 12.6. The molecule has 114 valence electrons. The predicted octanol–water partition coefficient (Wildman–Crippen LogP) is 2.60. The van der Waals surface area contributed by atoms with E-state index >= 15 is 0 Å². The van der Waals surface area contributed by atoms with Crippen molar-refractivity contribution in [3.63, 3.8) is 0 Å². The van der Waals surface area contributed by atoms with Gasteiger partial charge >= 0.3 is 17.6 Å². The van der Waals surface area contributed by atoms with E-state index < -0.39 is 22.3 Å². The summed E-state index contributed by atoms with van der Waals surface area (Å²) in [6.45, 7) is 6.40. The molecule has 7 nitrogen and oxygen atoms in total. The Balaban J connectivity index is 3.69. The van der Waals surface area contributed by atoms with E-state index in [4.69, 9.17) is 4.74 Å². The Morgan fingerprint density at radius 3 is 2.19 bits per heavy atom. The molecular formula is C14H17NO6. The highest BCUT2D eigenvalue weighted by Crippen LogP contribution is 2.39. The van der Waals surface area contributed by atoms with Crippen LogP contribution in [0, 0.1) is 10.1 Å². The standard InChI is InChI=1S/C14H17NO6/c1-8(16)21-11-7-9(13(17)20-5)6-10(14(2,3)4)12(11)15(18)19/h6-7H,1-5H3. The molecule has 0 saturated heterocycles. The number of methoxy groups -OCH3 is 1. The Kier molecular flexibility index (Phi) is 4.67. The third kappa shape index (κ3) is 3.77. The number of hydrogen-bond acceptors (Lipinski definition) is 6. The highest BCUT2D eigenvalue weighted by atomic mass is 16.6. The lowest BCUT2D eigenvalue weighted by molar-refractivity contribution is -0.386. The fourth-order valence-electron chi connectivity index (χ4n) is 1.84. The van der Waals surface area contributed by atoms with Gasteiger partial charge in [0.15, 0.2) is 0 Å². The first-order chi connectivity index (χ1) is 9.57. The molecule has 1 aromatic carbocycles. The average molecular weight is 295 g/mol. The van der Waals surface area contributed by atoms with Gasteiger partial charge in [0.05, 0.1) is 17.6 Å². The van der Waals surface area contributed by atoms with Crippen molar-refractivity contribution >= 4 is 17.6 Å². The van der Waals surface area contributed by atoms with Gasteiger partial charge in [-0.25, -0.2) is 4.79 Å². The number of benzene rings is 1. The van der Waals surface area contributed by atoms with Gasteiger partial charge in [0, 0.05) is 18.6 Å². The van der Waals surface area contributed by atoms with Crippen molar-refractivity contribution in [2.75, 3.05) is 7.11 Å². The predicted molar refractivity (Wildman–Crippen MR) is 74.4 cm³/mol. The molecule has 0 atom stereocenters. The highest BCUT2D eigenvalue weighted by Gasteiger charge is 2.32. The van der Waals surface area contributed by atoms with Crippen LogP contribution in [-0.4, -0.2) is 24.0 Å². The quantitative estimate of drug-likeness (QED) is 0.368. The molecule has 7 heteroatoms. The first-order valence-electron chi connectivity index (χ1n) is 6.17. The van der Waals surface area contributed by atoms with Crippen molar-refractivity contribution in [3.8, 4) is 5.75 Å². The first-order valence-corrected chi connectivity index (χ1v) is 6.17. The van der Waals surface area contributed by atoms with Crippen LogP contribution in [0.1, 0.15) is 43.6 Å². The summed E-state index contributed by atoms with van der Waals surface area (Å²) in [5.41, 5.74) is -0.581. The van der Waals surface area contributed by atoms with Crippen LogP contribution in [0.5, 0.6) is 5.75 Å². The van der Waals surface area contributed by atoms with E-state index in [2.05, 4.69) is 4.74 Å². The fourth-order valence-corrected chi connectivity index (χ4v) is 1.84. The molecule has 0 N–H and O–H groups in total. The molecule has 0 amide bonds. The molecule has 0 bridgehead atoms. The Morgan fingerprint density at radius 1 is 1.24 bits per heavy atom. The second-order valence-electron chi connectivity index (χ2n) is 5.46. The summed E-state index contributed by atoms with van der Waals surface area (Å²) in [5, 5.41) is 11.3. The third-order valence-corrected chi connectivity index (χ3v) is 2.74. The molecule has 0 unspecified atom stereocenters. The maximum Gasteiger partial charge on any atom is 0.338 e. The summed E-state index contributed by atoms with van der Waals surface area (Å²) in [6.07, 6.45) is 0. The zero-order chi connectivity index (χ0) is 16.4. The number of hydrogen-bond donors (Lipinski definition) is 0. The number of esters is 2. The Bertz CT molecular complexity index is 600. The highest BCUT2D eigenvalue weighted by molar-refractivity contribution is 5.91. The smallest absolute Gasteiger partial charge is 0.338 e. The molecule has 0 spiro atoms. The van der Waals surface area contributed by atoms with Gasteiger partial charge in [-0.1, -0.05) is 20.8 Å². The van der Waals surface area contributed by atoms with E-state index in [0.717, 1.165) is 13.0 Å². The van der Waals surface area contributed by atoms with E-state index in [0.29, 0.717) is 0 Å². The molecule has 0 heterocycles. The van der Waals surface area contributed by atoms with Crippen molar-refractivity contribution < 1.29 is 24.0 Å². The van der Waals surface area contributed by atoms with Crippen molar-refractivity contribution in [3.05, 3.63) is 33.4 Å². The lowest BCUT2D eigenvalue weighted by Crippen LogP contribution is -2.17. The second-order valence-corrected chi connectivity index (χ2v) is 5.46. The van der Waals surface area contributed by atoms with E-state index in [9.17, 15) is 19.7 Å². The first kappa shape index (κ1) is 16.6. The van der Waals surface area contributed by atoms with E-state index in [1.165, 1.54) is 13.2 Å². The van der Waals surface area contributed by atoms with E-state index in [-0.39, 0.29) is 22.6 Å². The number of nitrogens with zero attached hydrogens (tertiary/aromatic N) is 1. The molecule has 1 rings (SSSR count). The maximum atomic E-state index is 11.7. The molecule has 0 radical (unpaired) electrons. The number of ether oxygens (including phenoxy) is 2. The van der Waals surface area contributed by atoms with Crippen LogP contribution in [0.25, 0.3) is 0 Å². The topological polar surface area (TPSA) is 95.7 Å². The van der Waals surface area contributed by atoms with Gasteiger partial charge in [-0.3, -0.25) is 14.9 Å². The van der Waals surface area contributed by atoms with Crippen LogP contribution >= 0.6 is 0 Å². The molecule has 21 heavy (non-hydrogen) atoms. The molecule has 0 aliphatic carbocycles. The van der Waals surface area contributed by atoms with Crippen molar-refractivity contribution in [1.29, 1.82) is 0 Å². The van der Waals surface area contributed by atoms with Crippen molar-refractivity contribution in [2.45, 2.75) is 33.1 Å². The fraction of sp³-hybridized carbons (Fsp3) is 0.429. The maximum absolute atomic E-state index is 11.7. The second kappa shape index (κ2) is 5.90. The number of carbonyl (C=O) groups excluding carboxylic acids is 2. The SMILES string of the molecule is COC(=O)c1cc(OC(C)=O)c([N+](=O)[O-])c(C(C)(C)C)c1. The molecule has 0 fully saturated rings. The summed E-state index contributed by atoms with van der Waals surface area (Å²) in [5.74, 6) is -1.64. The summed E-state index contributed by atoms with van der Waals surface area (Å²) in [4.78, 5) is 33.5. The van der Waals surface area contributed by atoms with Crippen LogP contribution < -0.4 is 4.74 Å². The van der Waals surface area contributed by atoms with Gasteiger partial charge in [0.1, 0.15) is 0 Å². The van der Waals surface area contributed by atoms with E-state index in [1.807, 2.05) is 0 Å². The lowest BCUT2D eigenvalue weighted by Gasteiger charge is -2.20. The molecule has 0 saturated carbocycles. The average Bonchev–Trinajstić information content (AvgIpc) is 2.34. The Hall–Kier alpha value is -2.44. The van der Waals surface area contributed by atoms with Crippen LogP contribution in [0.4, 0.5) is 5.69 Å². The molecule has 0 aliphatic heterocycles. The van der Waals surface area contributed by atoms with Crippen molar-refractivity contribution in [1.82, 2.24) is 0 Å². The zero-order valence-electron chi connectivity index (χ0n) is 12.6. The van der Waals surface area contributed by atoms with E-state index in [1.54, 1.807) is 20.8 Å². The van der Waals surface area contributed by atoms with Gasteiger partial charge in [0.2, 0.25) is 5.75 Å². The Morgan fingerprint density at radius 2 is 1.81 bits per heavy atom. The lowest BCUT2D eigenvalue weighted by atomic mass is 9.84. The summed E-state index contributed by atoms with van der Waals surface area (Å²) < 4.78 is 9.50. The molecule has 0 aromatic heterocycles. The molecular weight excluding hydrogens is 278 g/mol. The third-order valence-electron chi connectivity index (χ3n) is 2.74. The van der Waals surface area contributed by atoms with Gasteiger partial charge in [-0.15, -0.1) is 0 Å². The summed E-state index contributed by atoms with van der Waals surface area (Å²) in [7, 11) is 1.20. The number of carbonyl (C=O) groups is 2. The van der Waals surface area contributed by atoms with Gasteiger partial charge < -0.3 is 9.47 Å². The van der Waals surface area contributed by atoms with Crippen LogP contribution in [0.15, 0.2) is 12.1 Å². The van der Waals surface area contributed by atoms with Crippen LogP contribution in [-0.2, 0) is 14.9 Å². The minimum Gasteiger partial charge on any atom is -0.465 e. The number of nitro groups is 1. The number of rotatable bonds is 3. The minimum atomic E-state index is -0.708. The van der Waals surface area contributed by atoms with Crippen LogP contribution in [0.2, 0.25) is 0 Å². The Labute approximate surface area is 122 Å². The van der Waals surface area contributed by atoms with Gasteiger partial charge in [0.25, 0.3) is 0 Å². The molecule has 0 aliphatic rings. The summed E-state index contributed by atoms with van der Waals surface area (Å²) in [6, 6.07) is 2.53. The molecule has 1 aromatic rings. The summed E-state index contributed by atoms with van der Waals surface area (Å²) >= 11 is 0.